The summed E-state index contributed by atoms with van der Waals surface area (Å²) in [4.78, 5) is 21.4. The molecular formula is C11H13FN2O4. The number of rotatable bonds is 6. The van der Waals surface area contributed by atoms with Crippen molar-refractivity contribution >= 4 is 17.7 Å². The maximum Gasteiger partial charge on any atom is 0.329 e. The van der Waals surface area contributed by atoms with E-state index in [0.29, 0.717) is 5.69 Å². The van der Waals surface area contributed by atoms with Crippen LogP contribution < -0.4 is 10.6 Å². The molecule has 0 unspecified atom stereocenters. The third-order valence-electron chi connectivity index (χ3n) is 1.86. The summed E-state index contributed by atoms with van der Waals surface area (Å²) in [6, 6.07) is 4.84. The Balaban J connectivity index is 2.17. The van der Waals surface area contributed by atoms with Crippen LogP contribution in [-0.4, -0.2) is 36.9 Å². The van der Waals surface area contributed by atoms with Gasteiger partial charge in [0.05, 0.1) is 6.61 Å². The fourth-order valence-electron chi connectivity index (χ4n) is 1.10. The van der Waals surface area contributed by atoms with Crippen LogP contribution in [0.25, 0.3) is 0 Å². The summed E-state index contributed by atoms with van der Waals surface area (Å²) in [6.45, 7) is -0.120. The molecule has 0 heterocycles. The number of carboxylic acids is 1. The summed E-state index contributed by atoms with van der Waals surface area (Å²) in [5.41, 5.74) is 0.459. The Bertz CT molecular complexity index is 408. The van der Waals surface area contributed by atoms with Crippen molar-refractivity contribution in [2.45, 2.75) is 0 Å². The lowest BCUT2D eigenvalue weighted by Crippen LogP contribution is -2.31. The molecule has 1 aromatic rings. The van der Waals surface area contributed by atoms with E-state index in [4.69, 9.17) is 9.84 Å². The summed E-state index contributed by atoms with van der Waals surface area (Å²) in [6.07, 6.45) is 0. The number of urea groups is 1. The van der Waals surface area contributed by atoms with Crippen LogP contribution in [0.5, 0.6) is 0 Å². The Morgan fingerprint density at radius 1 is 1.28 bits per heavy atom. The predicted octanol–water partition coefficient (Wildman–Crippen LogP) is 1.05. The molecule has 98 valence electrons. The van der Waals surface area contributed by atoms with Crippen LogP contribution in [0.15, 0.2) is 24.3 Å². The molecule has 0 spiro atoms. The lowest BCUT2D eigenvalue weighted by Gasteiger charge is -2.07. The van der Waals surface area contributed by atoms with E-state index in [-0.39, 0.29) is 19.0 Å². The molecule has 0 aromatic heterocycles. The molecule has 0 fully saturated rings. The van der Waals surface area contributed by atoms with Gasteiger partial charge in [-0.05, 0) is 24.3 Å². The quantitative estimate of drug-likeness (QED) is 0.664. The number of anilines is 1. The maximum atomic E-state index is 12.6. The third-order valence-corrected chi connectivity index (χ3v) is 1.86. The standard InChI is InChI=1S/C11H13FN2O4/c12-8-1-3-9(4-2-8)14-11(17)13-5-6-18-7-10(15)16/h1-4H,5-7H2,(H,15,16)(H2,13,14,17). The van der Waals surface area contributed by atoms with Crippen LogP contribution in [0.3, 0.4) is 0 Å². The van der Waals surface area contributed by atoms with E-state index < -0.39 is 18.6 Å². The molecule has 3 N–H and O–H groups in total. The van der Waals surface area contributed by atoms with E-state index in [1.165, 1.54) is 24.3 Å². The lowest BCUT2D eigenvalue weighted by atomic mass is 10.3. The van der Waals surface area contributed by atoms with Gasteiger partial charge in [-0.1, -0.05) is 0 Å². The minimum absolute atomic E-state index is 0.100. The molecule has 1 aromatic carbocycles. The van der Waals surface area contributed by atoms with Gasteiger partial charge in [-0.3, -0.25) is 0 Å². The number of carbonyl (C=O) groups is 2. The van der Waals surface area contributed by atoms with Gasteiger partial charge in [-0.15, -0.1) is 0 Å². The van der Waals surface area contributed by atoms with Gasteiger partial charge in [-0.2, -0.15) is 0 Å². The first kappa shape index (κ1) is 13.9. The summed E-state index contributed by atoms with van der Waals surface area (Å²) in [5.74, 6) is -1.45. The lowest BCUT2D eigenvalue weighted by molar-refractivity contribution is -0.142. The van der Waals surface area contributed by atoms with Crippen molar-refractivity contribution < 1.29 is 23.8 Å². The molecule has 18 heavy (non-hydrogen) atoms. The molecule has 0 saturated carbocycles. The molecule has 0 aliphatic carbocycles. The summed E-state index contributed by atoms with van der Waals surface area (Å²) < 4.78 is 17.3. The van der Waals surface area contributed by atoms with Gasteiger partial charge in [0, 0.05) is 12.2 Å². The van der Waals surface area contributed by atoms with Crippen molar-refractivity contribution in [1.29, 1.82) is 0 Å². The Morgan fingerprint density at radius 3 is 2.56 bits per heavy atom. The number of halogens is 1. The first-order valence-corrected chi connectivity index (χ1v) is 5.18. The summed E-state index contributed by atoms with van der Waals surface area (Å²) in [7, 11) is 0. The fourth-order valence-corrected chi connectivity index (χ4v) is 1.10. The number of aliphatic carboxylic acids is 1. The molecule has 7 heteroatoms. The van der Waals surface area contributed by atoms with Gasteiger partial charge in [0.2, 0.25) is 0 Å². The average molecular weight is 256 g/mol. The van der Waals surface area contributed by atoms with E-state index >= 15 is 0 Å². The molecule has 1 rings (SSSR count). The second kappa shape index (κ2) is 7.23. The first-order chi connectivity index (χ1) is 8.58. The topological polar surface area (TPSA) is 87.7 Å². The number of hydrogen-bond acceptors (Lipinski definition) is 3. The Morgan fingerprint density at radius 2 is 1.94 bits per heavy atom. The van der Waals surface area contributed by atoms with E-state index in [1.54, 1.807) is 0 Å². The van der Waals surface area contributed by atoms with Gasteiger partial charge in [0.1, 0.15) is 12.4 Å². The molecule has 6 nitrogen and oxygen atoms in total. The largest absolute Gasteiger partial charge is 0.480 e. The molecule has 0 aliphatic heterocycles. The number of carbonyl (C=O) groups excluding carboxylic acids is 1. The van der Waals surface area contributed by atoms with E-state index in [2.05, 4.69) is 10.6 Å². The van der Waals surface area contributed by atoms with Crippen molar-refractivity contribution in [3.8, 4) is 0 Å². The Hall–Kier alpha value is -2.15. The molecular weight excluding hydrogens is 243 g/mol. The van der Waals surface area contributed by atoms with Gasteiger partial charge < -0.3 is 20.5 Å². The van der Waals surface area contributed by atoms with Crippen molar-refractivity contribution in [3.05, 3.63) is 30.1 Å². The number of carboxylic acid groups (broad SMARTS) is 1. The van der Waals surface area contributed by atoms with Crippen molar-refractivity contribution in [2.75, 3.05) is 25.1 Å². The van der Waals surface area contributed by atoms with Crippen molar-refractivity contribution in [3.63, 3.8) is 0 Å². The number of hydrogen-bond donors (Lipinski definition) is 3. The van der Waals surface area contributed by atoms with E-state index in [9.17, 15) is 14.0 Å². The Labute approximate surface area is 103 Å². The minimum atomic E-state index is -1.06. The predicted molar refractivity (Wildman–Crippen MR) is 61.9 cm³/mol. The van der Waals surface area contributed by atoms with Crippen LogP contribution >= 0.6 is 0 Å². The molecule has 0 bridgehead atoms. The number of ether oxygens (including phenoxy) is 1. The molecule has 0 saturated heterocycles. The molecule has 0 atom stereocenters. The van der Waals surface area contributed by atoms with E-state index in [0.717, 1.165) is 0 Å². The number of nitrogens with one attached hydrogen (secondary N) is 2. The van der Waals surface area contributed by atoms with Crippen molar-refractivity contribution in [1.82, 2.24) is 5.32 Å². The van der Waals surface area contributed by atoms with Crippen molar-refractivity contribution in [2.24, 2.45) is 0 Å². The molecule has 0 radical (unpaired) electrons. The van der Waals surface area contributed by atoms with Crippen LogP contribution in [0.1, 0.15) is 0 Å². The van der Waals surface area contributed by atoms with Crippen LogP contribution in [-0.2, 0) is 9.53 Å². The number of benzene rings is 1. The number of amides is 2. The smallest absolute Gasteiger partial charge is 0.329 e. The minimum Gasteiger partial charge on any atom is -0.480 e. The molecule has 2 amide bonds. The highest BCUT2D eigenvalue weighted by Gasteiger charge is 2.01. The highest BCUT2D eigenvalue weighted by Crippen LogP contribution is 2.07. The SMILES string of the molecule is O=C(O)COCCNC(=O)Nc1ccc(F)cc1. The molecule has 0 aliphatic rings. The highest BCUT2D eigenvalue weighted by atomic mass is 19.1. The second-order valence-electron chi connectivity index (χ2n) is 3.33. The van der Waals surface area contributed by atoms with Gasteiger partial charge in [0.25, 0.3) is 0 Å². The fraction of sp³-hybridized carbons (Fsp3) is 0.273. The summed E-state index contributed by atoms with van der Waals surface area (Å²) in [5, 5.41) is 13.2. The second-order valence-corrected chi connectivity index (χ2v) is 3.33. The zero-order valence-corrected chi connectivity index (χ0v) is 9.48. The summed E-state index contributed by atoms with van der Waals surface area (Å²) >= 11 is 0. The van der Waals surface area contributed by atoms with Crippen LogP contribution in [0, 0.1) is 5.82 Å². The van der Waals surface area contributed by atoms with Gasteiger partial charge >= 0.3 is 12.0 Å². The first-order valence-electron chi connectivity index (χ1n) is 5.18. The zero-order valence-electron chi connectivity index (χ0n) is 9.48. The van der Waals surface area contributed by atoms with E-state index in [1.807, 2.05) is 0 Å². The zero-order chi connectivity index (χ0) is 13.4. The maximum absolute atomic E-state index is 12.6. The average Bonchev–Trinajstić information content (AvgIpc) is 2.31. The van der Waals surface area contributed by atoms with Gasteiger partial charge in [-0.25, -0.2) is 14.0 Å². The third kappa shape index (κ3) is 5.80. The monoisotopic (exact) mass is 256 g/mol. The highest BCUT2D eigenvalue weighted by molar-refractivity contribution is 5.89. The van der Waals surface area contributed by atoms with Crippen LogP contribution in [0.4, 0.5) is 14.9 Å². The normalized spacial score (nSPS) is 9.83. The Kier molecular flexibility index (Phi) is 5.59. The van der Waals surface area contributed by atoms with Gasteiger partial charge in [0.15, 0.2) is 0 Å². The van der Waals surface area contributed by atoms with Crippen LogP contribution in [0.2, 0.25) is 0 Å².